The molecule has 5 rings (SSSR count). The standard InChI is InChI=1S/C20H21FN4O3/c1-10-9-27-19-16-13(5-14(21)17(19)24-4-3-12(6-22)8-24)18-15(20(26)25(10)16)23-7-11(2)28-18/h5,10,12H,3-4,6,8-9,22H2,1-2H3. The highest BCUT2D eigenvalue weighted by Gasteiger charge is 2.34. The van der Waals surface area contributed by atoms with Crippen molar-refractivity contribution in [3.8, 4) is 11.5 Å². The van der Waals surface area contributed by atoms with Crippen LogP contribution in [-0.2, 0) is 0 Å². The number of hydrogen-bond donors (Lipinski definition) is 1. The van der Waals surface area contributed by atoms with Crippen molar-refractivity contribution in [2.24, 2.45) is 16.6 Å². The summed E-state index contributed by atoms with van der Waals surface area (Å²) in [5.74, 6) is 3.69. The van der Waals surface area contributed by atoms with Gasteiger partial charge in [-0.25, -0.2) is 4.39 Å². The third-order valence-corrected chi connectivity index (χ3v) is 5.73. The molecule has 0 spiro atoms. The van der Waals surface area contributed by atoms with Gasteiger partial charge in [0.25, 0.3) is 5.56 Å². The molecule has 1 aromatic carbocycles. The average molecular weight is 384 g/mol. The van der Waals surface area contributed by atoms with Crippen LogP contribution in [0.25, 0.3) is 10.9 Å². The van der Waals surface area contributed by atoms with Crippen molar-refractivity contribution in [1.29, 1.82) is 0 Å². The average Bonchev–Trinajstić information content (AvgIpc) is 3.15. The topological polar surface area (TPSA) is 82.1 Å². The van der Waals surface area contributed by atoms with E-state index in [1.54, 1.807) is 11.5 Å². The van der Waals surface area contributed by atoms with E-state index in [0.29, 0.717) is 53.7 Å². The number of rotatable bonds is 2. The lowest BCUT2D eigenvalue weighted by molar-refractivity contribution is 0.244. The molecule has 0 amide bonds. The predicted molar refractivity (Wildman–Crippen MR) is 105 cm³/mol. The zero-order valence-electron chi connectivity index (χ0n) is 15.8. The Hall–Kier alpha value is -2.83. The molecule has 2 N–H and O–H groups in total. The maximum atomic E-state index is 15.3. The summed E-state index contributed by atoms with van der Waals surface area (Å²) in [5.41, 5.74) is 6.63. The van der Waals surface area contributed by atoms with E-state index in [1.807, 2.05) is 11.8 Å². The van der Waals surface area contributed by atoms with Crippen LogP contribution in [0.3, 0.4) is 0 Å². The highest BCUT2D eigenvalue weighted by Crippen LogP contribution is 2.47. The maximum absolute atomic E-state index is 15.3. The number of halogens is 1. The molecule has 2 unspecified atom stereocenters. The van der Waals surface area contributed by atoms with Crippen molar-refractivity contribution >= 4 is 28.1 Å². The van der Waals surface area contributed by atoms with Crippen molar-refractivity contribution in [2.75, 3.05) is 31.1 Å². The summed E-state index contributed by atoms with van der Waals surface area (Å²) >= 11 is 0. The smallest absolute Gasteiger partial charge is 0.282 e. The zero-order chi connectivity index (χ0) is 19.6. The minimum Gasteiger partial charge on any atom is -0.487 e. The van der Waals surface area contributed by atoms with E-state index in [4.69, 9.17) is 15.2 Å². The highest BCUT2D eigenvalue weighted by molar-refractivity contribution is 5.99. The van der Waals surface area contributed by atoms with Gasteiger partial charge < -0.3 is 20.1 Å². The first kappa shape index (κ1) is 17.3. The van der Waals surface area contributed by atoms with Crippen LogP contribution >= 0.6 is 0 Å². The van der Waals surface area contributed by atoms with E-state index >= 15 is 4.39 Å². The van der Waals surface area contributed by atoms with Crippen molar-refractivity contribution in [3.63, 3.8) is 0 Å². The second-order valence-electron chi connectivity index (χ2n) is 7.66. The van der Waals surface area contributed by atoms with Gasteiger partial charge in [0.2, 0.25) is 0 Å². The molecule has 4 heterocycles. The molecular weight excluding hydrogens is 363 g/mol. The molecule has 7 nitrogen and oxygen atoms in total. The Morgan fingerprint density at radius 3 is 3.00 bits per heavy atom. The van der Waals surface area contributed by atoms with Gasteiger partial charge in [-0.3, -0.25) is 9.36 Å². The molecule has 1 fully saturated rings. The van der Waals surface area contributed by atoms with E-state index in [0.717, 1.165) is 6.42 Å². The third kappa shape index (κ3) is 2.31. The molecule has 2 aromatic rings. The molecule has 0 saturated carbocycles. The van der Waals surface area contributed by atoms with Crippen molar-refractivity contribution in [2.45, 2.75) is 26.3 Å². The van der Waals surface area contributed by atoms with Gasteiger partial charge in [-0.05, 0) is 31.9 Å². The van der Waals surface area contributed by atoms with Crippen molar-refractivity contribution < 1.29 is 13.9 Å². The van der Waals surface area contributed by atoms with Gasteiger partial charge in [-0.15, -0.1) is 0 Å². The first-order chi connectivity index (χ1) is 13.5. The van der Waals surface area contributed by atoms with Gasteiger partial charge in [0, 0.05) is 25.9 Å². The SMILES string of the molecule is CC1=C=Nc2c(c3cc(F)c(N4CCC(CN)C4)c4c3n(c2=O)C(C)CO4)O1. The lowest BCUT2D eigenvalue weighted by Gasteiger charge is -2.31. The summed E-state index contributed by atoms with van der Waals surface area (Å²) in [7, 11) is 0. The summed E-state index contributed by atoms with van der Waals surface area (Å²) in [5, 5.41) is 0.483. The fourth-order valence-corrected chi connectivity index (χ4v) is 4.33. The van der Waals surface area contributed by atoms with Crippen LogP contribution in [-0.4, -0.2) is 36.7 Å². The number of fused-ring (bicyclic) bond motifs is 2. The van der Waals surface area contributed by atoms with Gasteiger partial charge >= 0.3 is 0 Å². The van der Waals surface area contributed by atoms with E-state index in [2.05, 4.69) is 10.9 Å². The van der Waals surface area contributed by atoms with Gasteiger partial charge in [0.05, 0.1) is 11.4 Å². The van der Waals surface area contributed by atoms with Crippen LogP contribution in [0.4, 0.5) is 15.8 Å². The second-order valence-corrected chi connectivity index (χ2v) is 7.66. The summed E-state index contributed by atoms with van der Waals surface area (Å²) in [4.78, 5) is 19.2. The molecule has 0 aliphatic carbocycles. The molecule has 3 aliphatic heterocycles. The predicted octanol–water partition coefficient (Wildman–Crippen LogP) is 2.48. The minimum absolute atomic E-state index is 0.148. The normalized spacial score (nSPS) is 22.7. The van der Waals surface area contributed by atoms with Crippen LogP contribution in [0.15, 0.2) is 21.6 Å². The number of aliphatic imine (C=N–C) groups is 1. The third-order valence-electron chi connectivity index (χ3n) is 5.73. The van der Waals surface area contributed by atoms with Crippen LogP contribution in [0.2, 0.25) is 0 Å². The molecule has 0 radical (unpaired) electrons. The van der Waals surface area contributed by atoms with Crippen LogP contribution < -0.4 is 25.7 Å². The summed E-state index contributed by atoms with van der Waals surface area (Å²) in [6.07, 6.45) is 0.905. The summed E-state index contributed by atoms with van der Waals surface area (Å²) < 4.78 is 28.7. The van der Waals surface area contributed by atoms with Crippen LogP contribution in [0.5, 0.6) is 11.5 Å². The summed E-state index contributed by atoms with van der Waals surface area (Å²) in [6, 6.07) is 1.22. The number of ether oxygens (including phenoxy) is 2. The van der Waals surface area contributed by atoms with E-state index in [9.17, 15) is 4.79 Å². The molecule has 0 bridgehead atoms. The van der Waals surface area contributed by atoms with Gasteiger partial charge in [-0.1, -0.05) is 0 Å². The zero-order valence-corrected chi connectivity index (χ0v) is 15.8. The lowest BCUT2D eigenvalue weighted by Crippen LogP contribution is -2.33. The fraction of sp³-hybridized carbons (Fsp3) is 0.450. The number of hydrogen-bond acceptors (Lipinski definition) is 6. The van der Waals surface area contributed by atoms with Gasteiger partial charge in [0.1, 0.15) is 17.8 Å². The van der Waals surface area contributed by atoms with E-state index in [-0.39, 0.29) is 29.6 Å². The Balaban J connectivity index is 1.83. The van der Waals surface area contributed by atoms with Crippen LogP contribution in [0, 0.1) is 11.7 Å². The maximum Gasteiger partial charge on any atom is 0.282 e. The van der Waals surface area contributed by atoms with Gasteiger partial charge in [-0.2, -0.15) is 4.99 Å². The van der Waals surface area contributed by atoms with E-state index < -0.39 is 5.82 Å². The number of nitrogens with zero attached hydrogens (tertiary/aromatic N) is 3. The number of allylic oxidation sites excluding steroid dienone is 1. The quantitative estimate of drug-likeness (QED) is 0.860. The largest absolute Gasteiger partial charge is 0.487 e. The van der Waals surface area contributed by atoms with E-state index in [1.165, 1.54) is 6.07 Å². The number of benzene rings is 1. The molecule has 2 atom stereocenters. The molecular formula is C20H21FN4O3. The summed E-state index contributed by atoms with van der Waals surface area (Å²) in [6.45, 7) is 5.81. The minimum atomic E-state index is -0.401. The number of anilines is 1. The Labute approximate surface area is 160 Å². The Morgan fingerprint density at radius 2 is 2.25 bits per heavy atom. The monoisotopic (exact) mass is 384 g/mol. The van der Waals surface area contributed by atoms with Gasteiger partial charge in [0.15, 0.2) is 28.8 Å². The fourth-order valence-electron chi connectivity index (χ4n) is 4.33. The molecule has 28 heavy (non-hydrogen) atoms. The van der Waals surface area contributed by atoms with Crippen molar-refractivity contribution in [1.82, 2.24) is 4.57 Å². The molecule has 8 heteroatoms. The number of aromatic nitrogens is 1. The molecule has 1 saturated heterocycles. The molecule has 1 aromatic heterocycles. The molecule has 146 valence electrons. The Kier molecular flexibility index (Phi) is 3.76. The first-order valence-corrected chi connectivity index (χ1v) is 9.50. The number of nitrogens with two attached hydrogens (primary N) is 1. The number of pyridine rings is 1. The Morgan fingerprint density at radius 1 is 1.43 bits per heavy atom. The molecule has 3 aliphatic rings. The Bertz CT molecular complexity index is 1130. The van der Waals surface area contributed by atoms with Crippen LogP contribution in [0.1, 0.15) is 26.3 Å². The first-order valence-electron chi connectivity index (χ1n) is 9.50. The lowest BCUT2D eigenvalue weighted by atomic mass is 10.1. The highest BCUT2D eigenvalue weighted by atomic mass is 19.1. The van der Waals surface area contributed by atoms with Crippen molar-refractivity contribution in [3.05, 3.63) is 28.0 Å². The second kappa shape index (κ2) is 6.09.